The van der Waals surface area contributed by atoms with Gasteiger partial charge in [0, 0.05) is 46.9 Å². The Morgan fingerprint density at radius 2 is 1.47 bits per heavy atom. The van der Waals surface area contributed by atoms with Gasteiger partial charge in [-0.25, -0.2) is 4.99 Å². The van der Waals surface area contributed by atoms with Crippen molar-refractivity contribution in [1.29, 1.82) is 0 Å². The number of nitrogens with zero attached hydrogens (tertiary/aromatic N) is 3. The molecule has 2 heterocycles. The summed E-state index contributed by atoms with van der Waals surface area (Å²) in [5.74, 6) is 0. The third kappa shape index (κ3) is 3.82. The fraction of sp³-hybridized carbons (Fsp3) is 0.154. The SMILES string of the molecule is c1ccc(C(=Nc2cncc3ccc(N4CCOCC4)cc23)c2ccccc2)cc1. The summed E-state index contributed by atoms with van der Waals surface area (Å²) in [4.78, 5) is 11.9. The van der Waals surface area contributed by atoms with E-state index in [0.717, 1.165) is 59.6 Å². The number of hydrogen-bond donors (Lipinski definition) is 0. The van der Waals surface area contributed by atoms with E-state index in [2.05, 4.69) is 52.3 Å². The predicted molar refractivity (Wildman–Crippen MR) is 123 cm³/mol. The van der Waals surface area contributed by atoms with E-state index in [1.165, 1.54) is 5.69 Å². The van der Waals surface area contributed by atoms with Crippen LogP contribution in [0.3, 0.4) is 0 Å². The van der Waals surface area contributed by atoms with Gasteiger partial charge in [-0.15, -0.1) is 0 Å². The topological polar surface area (TPSA) is 37.7 Å². The maximum absolute atomic E-state index is 5.51. The molecule has 30 heavy (non-hydrogen) atoms. The molecule has 1 aromatic heterocycles. The normalized spacial score (nSPS) is 13.9. The molecule has 4 heteroatoms. The number of morpholine rings is 1. The summed E-state index contributed by atoms with van der Waals surface area (Å²) in [7, 11) is 0. The molecule has 4 aromatic rings. The molecule has 4 nitrogen and oxygen atoms in total. The average molecular weight is 393 g/mol. The van der Waals surface area contributed by atoms with Crippen molar-refractivity contribution in [3.05, 3.63) is 102 Å². The molecule has 0 saturated carbocycles. The molecular weight excluding hydrogens is 370 g/mol. The molecular formula is C26H23N3O. The first-order valence-corrected chi connectivity index (χ1v) is 10.3. The Morgan fingerprint density at radius 3 is 2.13 bits per heavy atom. The second-order valence-electron chi connectivity index (χ2n) is 7.36. The second kappa shape index (κ2) is 8.47. The fourth-order valence-corrected chi connectivity index (χ4v) is 3.85. The van der Waals surface area contributed by atoms with Gasteiger partial charge >= 0.3 is 0 Å². The number of aromatic nitrogens is 1. The Kier molecular flexibility index (Phi) is 5.23. The Labute approximate surface area is 176 Å². The molecule has 0 N–H and O–H groups in total. The fourth-order valence-electron chi connectivity index (χ4n) is 3.85. The van der Waals surface area contributed by atoms with Gasteiger partial charge in [-0.3, -0.25) is 4.98 Å². The first kappa shape index (κ1) is 18.5. The predicted octanol–water partition coefficient (Wildman–Crippen LogP) is 5.24. The molecule has 0 radical (unpaired) electrons. The van der Waals surface area contributed by atoms with Gasteiger partial charge in [-0.2, -0.15) is 0 Å². The number of rotatable bonds is 4. The van der Waals surface area contributed by atoms with Gasteiger partial charge in [0.2, 0.25) is 0 Å². The molecule has 0 spiro atoms. The molecule has 0 amide bonds. The molecule has 1 fully saturated rings. The zero-order chi connectivity index (χ0) is 20.2. The van der Waals surface area contributed by atoms with Crippen molar-refractivity contribution in [2.75, 3.05) is 31.2 Å². The number of pyridine rings is 1. The van der Waals surface area contributed by atoms with Crippen LogP contribution in [0.25, 0.3) is 10.8 Å². The van der Waals surface area contributed by atoms with E-state index in [-0.39, 0.29) is 0 Å². The maximum atomic E-state index is 5.51. The van der Waals surface area contributed by atoms with E-state index in [0.29, 0.717) is 0 Å². The first-order chi connectivity index (χ1) is 14.9. The highest BCUT2D eigenvalue weighted by molar-refractivity contribution is 6.15. The van der Waals surface area contributed by atoms with Crippen molar-refractivity contribution in [2.45, 2.75) is 0 Å². The first-order valence-electron chi connectivity index (χ1n) is 10.3. The highest BCUT2D eigenvalue weighted by Crippen LogP contribution is 2.30. The minimum Gasteiger partial charge on any atom is -0.378 e. The van der Waals surface area contributed by atoms with Gasteiger partial charge in [0.1, 0.15) is 0 Å². The summed E-state index contributed by atoms with van der Waals surface area (Å²) in [6.07, 6.45) is 3.76. The van der Waals surface area contributed by atoms with E-state index < -0.39 is 0 Å². The molecule has 1 aliphatic rings. The highest BCUT2D eigenvalue weighted by Gasteiger charge is 2.13. The van der Waals surface area contributed by atoms with Gasteiger partial charge < -0.3 is 9.64 Å². The zero-order valence-electron chi connectivity index (χ0n) is 16.7. The van der Waals surface area contributed by atoms with Gasteiger partial charge in [0.05, 0.1) is 30.8 Å². The minimum atomic E-state index is 0.769. The number of ether oxygens (including phenoxy) is 1. The van der Waals surface area contributed by atoms with Crippen LogP contribution in [0.15, 0.2) is 96.2 Å². The van der Waals surface area contributed by atoms with E-state index in [9.17, 15) is 0 Å². The third-order valence-corrected chi connectivity index (χ3v) is 5.43. The number of benzene rings is 3. The maximum Gasteiger partial charge on any atom is 0.0899 e. The Morgan fingerprint density at radius 1 is 0.800 bits per heavy atom. The van der Waals surface area contributed by atoms with Crippen LogP contribution in [0.1, 0.15) is 11.1 Å². The minimum absolute atomic E-state index is 0.769. The van der Waals surface area contributed by atoms with Crippen LogP contribution in [-0.2, 0) is 4.74 Å². The molecule has 5 rings (SSSR count). The molecule has 148 valence electrons. The van der Waals surface area contributed by atoms with Crippen LogP contribution in [0, 0.1) is 0 Å². The lowest BCUT2D eigenvalue weighted by atomic mass is 10.0. The number of anilines is 1. The van der Waals surface area contributed by atoms with Crippen molar-refractivity contribution >= 4 is 27.9 Å². The molecule has 1 saturated heterocycles. The van der Waals surface area contributed by atoms with Gasteiger partial charge in [-0.1, -0.05) is 66.7 Å². The van der Waals surface area contributed by atoms with Crippen LogP contribution in [0.5, 0.6) is 0 Å². The summed E-state index contributed by atoms with van der Waals surface area (Å²) >= 11 is 0. The van der Waals surface area contributed by atoms with Gasteiger partial charge in [0.15, 0.2) is 0 Å². The quantitative estimate of drug-likeness (QED) is 0.445. The highest BCUT2D eigenvalue weighted by atomic mass is 16.5. The number of aliphatic imine (C=N–C) groups is 1. The molecule has 1 aliphatic heterocycles. The lowest BCUT2D eigenvalue weighted by Crippen LogP contribution is -2.36. The van der Waals surface area contributed by atoms with E-state index in [1.54, 1.807) is 0 Å². The smallest absolute Gasteiger partial charge is 0.0899 e. The third-order valence-electron chi connectivity index (χ3n) is 5.43. The largest absolute Gasteiger partial charge is 0.378 e. The van der Waals surface area contributed by atoms with E-state index in [4.69, 9.17) is 9.73 Å². The summed E-state index contributed by atoms with van der Waals surface area (Å²) in [5, 5.41) is 2.20. The summed E-state index contributed by atoms with van der Waals surface area (Å²) in [6.45, 7) is 3.36. The molecule has 0 atom stereocenters. The number of fused-ring (bicyclic) bond motifs is 1. The van der Waals surface area contributed by atoms with Crippen molar-refractivity contribution in [3.63, 3.8) is 0 Å². The van der Waals surface area contributed by atoms with Crippen molar-refractivity contribution in [3.8, 4) is 0 Å². The number of hydrogen-bond acceptors (Lipinski definition) is 4. The molecule has 3 aromatic carbocycles. The zero-order valence-corrected chi connectivity index (χ0v) is 16.7. The van der Waals surface area contributed by atoms with Crippen LogP contribution in [-0.4, -0.2) is 37.0 Å². The Bertz CT molecular complexity index is 1130. The molecule has 0 aliphatic carbocycles. The van der Waals surface area contributed by atoms with Crippen molar-refractivity contribution in [2.24, 2.45) is 4.99 Å². The van der Waals surface area contributed by atoms with Gasteiger partial charge in [-0.05, 0) is 12.1 Å². The summed E-state index contributed by atoms with van der Waals surface area (Å²) in [6, 6.07) is 27.2. The average Bonchev–Trinajstić information content (AvgIpc) is 2.84. The van der Waals surface area contributed by atoms with E-state index in [1.807, 2.05) is 48.8 Å². The van der Waals surface area contributed by atoms with E-state index >= 15 is 0 Å². The van der Waals surface area contributed by atoms with Crippen molar-refractivity contribution < 1.29 is 4.74 Å². The standard InChI is InChI=1S/C26H23N3O/c1-3-7-20(8-4-1)26(21-9-5-2-6-10-21)28-25-19-27-18-22-11-12-23(17-24(22)25)29-13-15-30-16-14-29/h1-12,17-19H,13-16H2. The van der Waals surface area contributed by atoms with Crippen LogP contribution in [0.4, 0.5) is 11.4 Å². The summed E-state index contributed by atoms with van der Waals surface area (Å²) < 4.78 is 5.51. The Hall–Kier alpha value is -3.50. The molecule has 0 bridgehead atoms. The van der Waals surface area contributed by atoms with Crippen LogP contribution >= 0.6 is 0 Å². The monoisotopic (exact) mass is 393 g/mol. The van der Waals surface area contributed by atoms with Crippen LogP contribution < -0.4 is 4.90 Å². The Balaban J connectivity index is 1.65. The van der Waals surface area contributed by atoms with Gasteiger partial charge in [0.25, 0.3) is 0 Å². The molecule has 0 unspecified atom stereocenters. The van der Waals surface area contributed by atoms with Crippen molar-refractivity contribution in [1.82, 2.24) is 4.98 Å². The summed E-state index contributed by atoms with van der Waals surface area (Å²) in [5.41, 5.74) is 5.21. The second-order valence-corrected chi connectivity index (χ2v) is 7.36. The van der Waals surface area contributed by atoms with Crippen LogP contribution in [0.2, 0.25) is 0 Å². The lowest BCUT2D eigenvalue weighted by molar-refractivity contribution is 0.122. The lowest BCUT2D eigenvalue weighted by Gasteiger charge is -2.29.